The SMILES string of the molecule is O=S(=O)(O)c1ccc2c(S(=O)(=O)O)ccc(S(=O)(=O)O)c2c1S(=O)(=O)O. The smallest absolute Gasteiger partial charge is 0.282 e. The second kappa shape index (κ2) is 5.92. The van der Waals surface area contributed by atoms with Crippen molar-refractivity contribution in [3.63, 3.8) is 0 Å². The van der Waals surface area contributed by atoms with Crippen LogP contribution in [0.25, 0.3) is 10.8 Å². The van der Waals surface area contributed by atoms with E-state index in [1.807, 2.05) is 0 Å². The van der Waals surface area contributed by atoms with Gasteiger partial charge in [0.25, 0.3) is 40.5 Å². The van der Waals surface area contributed by atoms with Crippen molar-refractivity contribution in [2.75, 3.05) is 0 Å². The molecule has 12 nitrogen and oxygen atoms in total. The van der Waals surface area contributed by atoms with Crippen LogP contribution < -0.4 is 0 Å². The summed E-state index contributed by atoms with van der Waals surface area (Å²) in [5.41, 5.74) is 0. The van der Waals surface area contributed by atoms with Gasteiger partial charge >= 0.3 is 0 Å². The third kappa shape index (κ3) is 3.71. The van der Waals surface area contributed by atoms with Crippen LogP contribution in [0.2, 0.25) is 0 Å². The molecule has 0 aliphatic rings. The van der Waals surface area contributed by atoms with Gasteiger partial charge in [-0.15, -0.1) is 0 Å². The molecule has 0 radical (unpaired) electrons. The zero-order valence-electron chi connectivity index (χ0n) is 12.0. The van der Waals surface area contributed by atoms with E-state index >= 15 is 0 Å². The molecule has 0 unspecified atom stereocenters. The van der Waals surface area contributed by atoms with Crippen LogP contribution >= 0.6 is 0 Å². The second-order valence-electron chi connectivity index (χ2n) is 4.78. The average molecular weight is 448 g/mol. The van der Waals surface area contributed by atoms with Gasteiger partial charge < -0.3 is 0 Å². The van der Waals surface area contributed by atoms with Crippen molar-refractivity contribution in [2.24, 2.45) is 0 Å². The average Bonchev–Trinajstić information content (AvgIpc) is 2.40. The number of fused-ring (bicyclic) bond motifs is 1. The molecule has 0 aromatic heterocycles. The number of hydrogen-bond donors (Lipinski definition) is 4. The van der Waals surface area contributed by atoms with Crippen molar-refractivity contribution >= 4 is 51.2 Å². The summed E-state index contributed by atoms with van der Waals surface area (Å²) in [4.78, 5) is -5.52. The minimum absolute atomic E-state index is 0.364. The Kier molecular flexibility index (Phi) is 4.71. The highest BCUT2D eigenvalue weighted by atomic mass is 32.2. The molecule has 0 atom stereocenters. The minimum atomic E-state index is -5.58. The van der Waals surface area contributed by atoms with Crippen molar-refractivity contribution in [3.05, 3.63) is 24.3 Å². The van der Waals surface area contributed by atoms with Gasteiger partial charge in [0.05, 0.1) is 0 Å². The van der Waals surface area contributed by atoms with Crippen molar-refractivity contribution in [3.8, 4) is 0 Å². The van der Waals surface area contributed by atoms with Crippen molar-refractivity contribution in [1.29, 1.82) is 0 Å². The monoisotopic (exact) mass is 448 g/mol. The van der Waals surface area contributed by atoms with Crippen LogP contribution in [-0.2, 0) is 40.5 Å². The molecule has 2 aromatic carbocycles. The van der Waals surface area contributed by atoms with Crippen molar-refractivity contribution < 1.29 is 51.9 Å². The maximum atomic E-state index is 11.6. The molecule has 26 heavy (non-hydrogen) atoms. The van der Waals surface area contributed by atoms with Gasteiger partial charge in [-0.05, 0) is 18.2 Å². The summed E-state index contributed by atoms with van der Waals surface area (Å²) in [5.74, 6) is 0. The standard InChI is InChI=1S/C10H8O12S4/c11-23(12,13)6-3-4-7(24(14,15)16)9-5(6)1-2-8(25(17,18)19)10(9)26(20,21)22/h1-4H,(H,11,12,13)(H,14,15,16)(H,17,18,19)(H,20,21,22). The fourth-order valence-corrected chi connectivity index (χ4v) is 5.71. The summed E-state index contributed by atoms with van der Waals surface area (Å²) in [7, 11) is -21.3. The molecular formula is C10H8O12S4. The van der Waals surface area contributed by atoms with Crippen LogP contribution in [0.15, 0.2) is 43.8 Å². The Labute approximate surface area is 147 Å². The molecular weight excluding hydrogens is 440 g/mol. The van der Waals surface area contributed by atoms with Crippen molar-refractivity contribution in [1.82, 2.24) is 0 Å². The van der Waals surface area contributed by atoms with Crippen molar-refractivity contribution in [2.45, 2.75) is 19.6 Å². The summed E-state index contributed by atoms with van der Waals surface area (Å²) >= 11 is 0. The Morgan fingerprint density at radius 2 is 0.885 bits per heavy atom. The Bertz CT molecular complexity index is 1350. The van der Waals surface area contributed by atoms with E-state index in [2.05, 4.69) is 0 Å². The Morgan fingerprint density at radius 3 is 1.27 bits per heavy atom. The molecule has 2 aromatic rings. The first-order valence-corrected chi connectivity index (χ1v) is 11.7. The summed E-state index contributed by atoms with van der Waals surface area (Å²) in [5, 5.41) is -2.12. The van der Waals surface area contributed by atoms with E-state index in [0.717, 1.165) is 0 Å². The van der Waals surface area contributed by atoms with Crippen LogP contribution in [0.4, 0.5) is 0 Å². The maximum Gasteiger partial charge on any atom is 0.296 e. The first kappa shape index (κ1) is 20.6. The lowest BCUT2D eigenvalue weighted by molar-refractivity contribution is 0.467. The molecule has 0 spiro atoms. The van der Waals surface area contributed by atoms with E-state index in [4.69, 9.17) is 4.55 Å². The normalized spacial score (nSPS) is 13.8. The molecule has 0 amide bonds. The molecule has 0 bridgehead atoms. The first-order chi connectivity index (χ1) is 11.5. The van der Waals surface area contributed by atoms with E-state index in [-0.39, 0.29) is 0 Å². The molecule has 0 heterocycles. The van der Waals surface area contributed by atoms with E-state index in [9.17, 15) is 47.3 Å². The molecule has 16 heteroatoms. The van der Waals surface area contributed by atoms with E-state index in [0.29, 0.717) is 24.3 Å². The van der Waals surface area contributed by atoms with Gasteiger partial charge in [-0.1, -0.05) is 6.07 Å². The van der Waals surface area contributed by atoms with Crippen LogP contribution in [0, 0.1) is 0 Å². The van der Waals surface area contributed by atoms with E-state index < -0.39 is 70.8 Å². The molecule has 144 valence electrons. The van der Waals surface area contributed by atoms with Gasteiger partial charge in [-0.2, -0.15) is 33.7 Å². The minimum Gasteiger partial charge on any atom is -0.282 e. The highest BCUT2D eigenvalue weighted by molar-refractivity contribution is 7.89. The zero-order valence-corrected chi connectivity index (χ0v) is 15.3. The largest absolute Gasteiger partial charge is 0.296 e. The Hall–Kier alpha value is -1.66. The highest BCUT2D eigenvalue weighted by Crippen LogP contribution is 2.37. The molecule has 0 saturated heterocycles. The van der Waals surface area contributed by atoms with Gasteiger partial charge in [-0.25, -0.2) is 0 Å². The maximum absolute atomic E-state index is 11.6. The molecule has 2 rings (SSSR count). The summed E-state index contributed by atoms with van der Waals surface area (Å²) in [6, 6.07) is 1.79. The summed E-state index contributed by atoms with van der Waals surface area (Å²) in [6.45, 7) is 0. The lowest BCUT2D eigenvalue weighted by atomic mass is 10.1. The molecule has 0 aliphatic carbocycles. The number of hydrogen-bond acceptors (Lipinski definition) is 8. The number of rotatable bonds is 4. The fraction of sp³-hybridized carbons (Fsp3) is 0. The lowest BCUT2D eigenvalue weighted by Crippen LogP contribution is -2.12. The fourth-order valence-electron chi connectivity index (χ4n) is 2.24. The van der Waals surface area contributed by atoms with Crippen LogP contribution in [0.1, 0.15) is 0 Å². The molecule has 0 saturated carbocycles. The predicted octanol–water partition coefficient (Wildman–Crippen LogP) is -0.173. The van der Waals surface area contributed by atoms with E-state index in [1.54, 1.807) is 0 Å². The number of benzene rings is 2. The zero-order chi connectivity index (χ0) is 20.3. The topological polar surface area (TPSA) is 217 Å². The molecule has 0 aliphatic heterocycles. The predicted molar refractivity (Wildman–Crippen MR) is 83.2 cm³/mol. The third-order valence-electron chi connectivity index (χ3n) is 3.11. The lowest BCUT2D eigenvalue weighted by Gasteiger charge is -2.13. The van der Waals surface area contributed by atoms with Gasteiger partial charge in [0.2, 0.25) is 0 Å². The van der Waals surface area contributed by atoms with E-state index in [1.165, 1.54) is 0 Å². The highest BCUT2D eigenvalue weighted by Gasteiger charge is 2.32. The Morgan fingerprint density at radius 1 is 0.500 bits per heavy atom. The van der Waals surface area contributed by atoms with Gasteiger partial charge in [-0.3, -0.25) is 18.2 Å². The van der Waals surface area contributed by atoms with Gasteiger partial charge in [0.15, 0.2) is 0 Å². The van der Waals surface area contributed by atoms with Crippen LogP contribution in [-0.4, -0.2) is 51.9 Å². The van der Waals surface area contributed by atoms with Gasteiger partial charge in [0.1, 0.15) is 19.6 Å². The van der Waals surface area contributed by atoms with Gasteiger partial charge in [0, 0.05) is 10.8 Å². The van der Waals surface area contributed by atoms with Crippen LogP contribution in [0.3, 0.4) is 0 Å². The first-order valence-electron chi connectivity index (χ1n) is 5.95. The third-order valence-corrected chi connectivity index (χ3v) is 6.88. The Balaban J connectivity index is 3.43. The van der Waals surface area contributed by atoms with Crippen LogP contribution in [0.5, 0.6) is 0 Å². The quantitative estimate of drug-likeness (QED) is 0.448. The summed E-state index contributed by atoms with van der Waals surface area (Å²) in [6.07, 6.45) is 0. The second-order valence-corrected chi connectivity index (χ2v) is 10.3. The molecule has 0 fully saturated rings. The molecule has 4 N–H and O–H groups in total. The summed E-state index contributed by atoms with van der Waals surface area (Å²) < 4.78 is 129.